The van der Waals surface area contributed by atoms with E-state index in [1.165, 1.54) is 20.2 Å². The van der Waals surface area contributed by atoms with Crippen molar-refractivity contribution in [3.8, 4) is 0 Å². The molecule has 0 radical (unpaired) electrons. The van der Waals surface area contributed by atoms with Gasteiger partial charge in [0, 0.05) is 19.3 Å². The second-order valence-corrected chi connectivity index (χ2v) is 7.34. The van der Waals surface area contributed by atoms with Crippen LogP contribution in [0.2, 0.25) is 0 Å². The molecule has 22 heavy (non-hydrogen) atoms. The van der Waals surface area contributed by atoms with Crippen LogP contribution in [0.15, 0.2) is 17.3 Å². The van der Waals surface area contributed by atoms with Crippen LogP contribution < -0.4 is 0 Å². The second-order valence-electron chi connectivity index (χ2n) is 5.40. The fourth-order valence-corrected chi connectivity index (χ4v) is 3.73. The van der Waals surface area contributed by atoms with Crippen molar-refractivity contribution in [2.75, 3.05) is 20.2 Å². The lowest BCUT2D eigenvalue weighted by Gasteiger charge is -2.19. The number of aromatic nitrogens is 2. The number of carboxylic acid groups (broad SMARTS) is 1. The lowest BCUT2D eigenvalue weighted by atomic mass is 9.90. The Morgan fingerprint density at radius 1 is 1.50 bits per heavy atom. The molecule has 1 N–H and O–H groups in total. The molecule has 122 valence electrons. The summed E-state index contributed by atoms with van der Waals surface area (Å²) in [6, 6.07) is 0. The summed E-state index contributed by atoms with van der Waals surface area (Å²) in [5, 5.41) is 13.0. The molecule has 0 aromatic carbocycles. The van der Waals surface area contributed by atoms with Gasteiger partial charge in [-0.25, -0.2) is 8.42 Å². The van der Waals surface area contributed by atoms with Crippen LogP contribution in [-0.2, 0) is 30.9 Å². The van der Waals surface area contributed by atoms with Gasteiger partial charge in [-0.3, -0.25) is 14.3 Å². The van der Waals surface area contributed by atoms with E-state index in [0.717, 1.165) is 15.2 Å². The second kappa shape index (κ2) is 5.69. The Kier molecular flexibility index (Phi) is 4.25. The molecule has 0 saturated carbocycles. The Morgan fingerprint density at radius 2 is 2.18 bits per heavy atom. The number of hydrogen-bond acceptors (Lipinski definition) is 6. The van der Waals surface area contributed by atoms with Crippen LogP contribution >= 0.6 is 0 Å². The Morgan fingerprint density at radius 3 is 2.73 bits per heavy atom. The van der Waals surface area contributed by atoms with Gasteiger partial charge in [0.25, 0.3) is 0 Å². The minimum atomic E-state index is -3.83. The number of aliphatic carboxylic acids is 1. The minimum absolute atomic E-state index is 0.0777. The summed E-state index contributed by atoms with van der Waals surface area (Å²) >= 11 is 0. The molecule has 0 spiro atoms. The highest BCUT2D eigenvalue weighted by molar-refractivity contribution is 7.89. The Hall–Kier alpha value is -1.94. The van der Waals surface area contributed by atoms with E-state index in [0.29, 0.717) is 0 Å². The molecule has 0 bridgehead atoms. The summed E-state index contributed by atoms with van der Waals surface area (Å²) in [5.74, 6) is -1.57. The molecule has 1 fully saturated rings. The minimum Gasteiger partial charge on any atom is -0.481 e. The monoisotopic (exact) mass is 331 g/mol. The summed E-state index contributed by atoms with van der Waals surface area (Å²) < 4.78 is 31.7. The predicted molar refractivity (Wildman–Crippen MR) is 73.4 cm³/mol. The first-order valence-corrected chi connectivity index (χ1v) is 7.96. The van der Waals surface area contributed by atoms with E-state index in [9.17, 15) is 18.0 Å². The van der Waals surface area contributed by atoms with Crippen LogP contribution in [0.5, 0.6) is 0 Å². The van der Waals surface area contributed by atoms with Crippen LogP contribution in [0.3, 0.4) is 0 Å². The fourth-order valence-electron chi connectivity index (χ4n) is 2.21. The van der Waals surface area contributed by atoms with E-state index in [1.807, 2.05) is 0 Å². The summed E-state index contributed by atoms with van der Waals surface area (Å²) in [5.41, 5.74) is -1.09. The average Bonchev–Trinajstić information content (AvgIpc) is 3.07. The van der Waals surface area contributed by atoms with E-state index >= 15 is 0 Å². The molecule has 1 saturated heterocycles. The van der Waals surface area contributed by atoms with Crippen LogP contribution in [-0.4, -0.2) is 59.7 Å². The van der Waals surface area contributed by atoms with Gasteiger partial charge in [0.05, 0.1) is 18.7 Å². The maximum Gasteiger partial charge on any atom is 0.327 e. The Labute approximate surface area is 127 Å². The van der Waals surface area contributed by atoms with Gasteiger partial charge in [0.1, 0.15) is 11.4 Å². The maximum absolute atomic E-state index is 12.5. The topological polar surface area (TPSA) is 119 Å². The molecule has 2 rings (SSSR count). The van der Waals surface area contributed by atoms with Crippen molar-refractivity contribution < 1.29 is 27.9 Å². The fraction of sp³-hybridized carbons (Fsp3) is 0.583. The van der Waals surface area contributed by atoms with Gasteiger partial charge < -0.3 is 9.84 Å². The third-order valence-corrected chi connectivity index (χ3v) is 5.52. The maximum atomic E-state index is 12.5. The summed E-state index contributed by atoms with van der Waals surface area (Å²) in [6.07, 6.45) is 2.61. The van der Waals surface area contributed by atoms with Gasteiger partial charge in [0.15, 0.2) is 0 Å². The third-order valence-electron chi connectivity index (χ3n) is 3.72. The molecule has 1 aliphatic rings. The lowest BCUT2D eigenvalue weighted by molar-refractivity contribution is -0.147. The van der Waals surface area contributed by atoms with E-state index in [-0.39, 0.29) is 31.0 Å². The SMILES string of the molecule is COC(=O)Cn1cc(S(=O)(=O)N2CCC(C)(C(=O)O)C2)cn1. The number of ether oxygens (including phenoxy) is 1. The zero-order valence-electron chi connectivity index (χ0n) is 12.2. The zero-order chi connectivity index (χ0) is 16.5. The van der Waals surface area contributed by atoms with Gasteiger partial charge in [-0.05, 0) is 13.3 Å². The smallest absolute Gasteiger partial charge is 0.327 e. The van der Waals surface area contributed by atoms with Crippen molar-refractivity contribution in [2.45, 2.75) is 24.8 Å². The molecular formula is C12H17N3O6S. The molecule has 0 amide bonds. The van der Waals surface area contributed by atoms with Gasteiger partial charge in [0.2, 0.25) is 10.0 Å². The van der Waals surface area contributed by atoms with Crippen molar-refractivity contribution in [3.05, 3.63) is 12.4 Å². The quantitative estimate of drug-likeness (QED) is 0.725. The third kappa shape index (κ3) is 2.97. The highest BCUT2D eigenvalue weighted by Crippen LogP contribution is 2.33. The van der Waals surface area contributed by atoms with Crippen molar-refractivity contribution in [2.24, 2.45) is 5.41 Å². The number of carbonyl (C=O) groups excluding carboxylic acids is 1. The molecule has 10 heteroatoms. The number of carbonyl (C=O) groups is 2. The van der Waals surface area contributed by atoms with Crippen LogP contribution in [0, 0.1) is 5.41 Å². The molecule has 1 aliphatic heterocycles. The standard InChI is InChI=1S/C12H17N3O6S/c1-12(11(17)18)3-4-15(8-12)22(19,20)9-5-13-14(6-9)7-10(16)21-2/h5-6H,3-4,7-8H2,1-2H3,(H,17,18). The van der Waals surface area contributed by atoms with Crippen molar-refractivity contribution in [1.29, 1.82) is 0 Å². The van der Waals surface area contributed by atoms with Gasteiger partial charge in [-0.15, -0.1) is 0 Å². The highest BCUT2D eigenvalue weighted by atomic mass is 32.2. The molecule has 1 unspecified atom stereocenters. The first-order chi connectivity index (χ1) is 10.2. The highest BCUT2D eigenvalue weighted by Gasteiger charge is 2.45. The molecular weight excluding hydrogens is 314 g/mol. The van der Waals surface area contributed by atoms with Crippen LogP contribution in [0.1, 0.15) is 13.3 Å². The average molecular weight is 331 g/mol. The summed E-state index contributed by atoms with van der Waals surface area (Å²) in [4.78, 5) is 22.3. The first-order valence-electron chi connectivity index (χ1n) is 6.52. The van der Waals surface area contributed by atoms with Crippen molar-refractivity contribution >= 4 is 22.0 Å². The van der Waals surface area contributed by atoms with E-state index in [2.05, 4.69) is 9.84 Å². The van der Waals surface area contributed by atoms with Crippen molar-refractivity contribution in [1.82, 2.24) is 14.1 Å². The molecule has 1 atom stereocenters. The molecule has 9 nitrogen and oxygen atoms in total. The van der Waals surface area contributed by atoms with Gasteiger partial charge in [-0.2, -0.15) is 9.40 Å². The number of carboxylic acids is 1. The normalized spacial score (nSPS) is 22.6. The Bertz CT molecular complexity index is 697. The first kappa shape index (κ1) is 16.4. The molecule has 1 aromatic rings. The van der Waals surface area contributed by atoms with E-state index < -0.39 is 27.4 Å². The number of sulfonamides is 1. The number of hydrogen-bond donors (Lipinski definition) is 1. The van der Waals surface area contributed by atoms with Crippen molar-refractivity contribution in [3.63, 3.8) is 0 Å². The lowest BCUT2D eigenvalue weighted by Crippen LogP contribution is -2.34. The Balaban J connectivity index is 2.18. The van der Waals surface area contributed by atoms with Gasteiger partial charge in [-0.1, -0.05) is 0 Å². The predicted octanol–water partition coefficient (Wildman–Crippen LogP) is -0.459. The van der Waals surface area contributed by atoms with Gasteiger partial charge >= 0.3 is 11.9 Å². The molecule has 2 heterocycles. The van der Waals surface area contributed by atoms with Crippen LogP contribution in [0.25, 0.3) is 0 Å². The zero-order valence-corrected chi connectivity index (χ0v) is 13.0. The van der Waals surface area contributed by atoms with Crippen LogP contribution in [0.4, 0.5) is 0 Å². The number of esters is 1. The summed E-state index contributed by atoms with van der Waals surface area (Å²) in [7, 11) is -2.61. The molecule has 0 aliphatic carbocycles. The van der Waals surface area contributed by atoms with E-state index in [1.54, 1.807) is 0 Å². The number of methoxy groups -OCH3 is 1. The molecule has 1 aromatic heterocycles. The number of nitrogens with zero attached hydrogens (tertiary/aromatic N) is 3. The summed E-state index contributed by atoms with van der Waals surface area (Å²) in [6.45, 7) is 1.37. The largest absolute Gasteiger partial charge is 0.481 e. The number of rotatable bonds is 5. The van der Waals surface area contributed by atoms with E-state index in [4.69, 9.17) is 5.11 Å².